The summed E-state index contributed by atoms with van der Waals surface area (Å²) in [6.07, 6.45) is -0.643. The summed E-state index contributed by atoms with van der Waals surface area (Å²) in [5, 5.41) is 16.2. The summed E-state index contributed by atoms with van der Waals surface area (Å²) < 4.78 is 0. The number of carbonyl (C=O) groups is 3. The zero-order valence-corrected chi connectivity index (χ0v) is 12.0. The zero-order valence-electron chi connectivity index (χ0n) is 11.2. The molecule has 1 aromatic heterocycles. The topological polar surface area (TPSA) is 95.5 Å². The van der Waals surface area contributed by atoms with Gasteiger partial charge in [-0.2, -0.15) is 0 Å². The van der Waals surface area contributed by atoms with E-state index in [1.165, 1.54) is 25.3 Å². The van der Waals surface area contributed by atoms with Gasteiger partial charge >= 0.3 is 0 Å². The molecule has 0 aromatic carbocycles. The van der Waals surface area contributed by atoms with Crippen LogP contribution in [0.15, 0.2) is 11.4 Å². The lowest BCUT2D eigenvalue weighted by Crippen LogP contribution is -2.62. The third-order valence-electron chi connectivity index (χ3n) is 3.36. The number of thiophene rings is 1. The standard InChI is InChI=1S/C13H16N2O4S/c1-6(16)11-8(15-13(11)19)4-9(17)7-3-10(20-5-7)12(18)14-2/h3,5-6,8,11,16H,4H2,1-2H3,(H,14,18)(H,15,19)/t6-,8-,11-/m1/s1. The Morgan fingerprint density at radius 1 is 1.55 bits per heavy atom. The molecule has 1 saturated heterocycles. The smallest absolute Gasteiger partial charge is 0.261 e. The molecule has 2 heterocycles. The molecule has 0 unspecified atom stereocenters. The van der Waals surface area contributed by atoms with Crippen molar-refractivity contribution in [2.24, 2.45) is 5.92 Å². The summed E-state index contributed by atoms with van der Waals surface area (Å²) >= 11 is 1.20. The molecule has 108 valence electrons. The quantitative estimate of drug-likeness (QED) is 0.533. The molecule has 7 heteroatoms. The van der Waals surface area contributed by atoms with Crippen LogP contribution in [0.2, 0.25) is 0 Å². The summed E-state index contributed by atoms with van der Waals surface area (Å²) in [4.78, 5) is 35.3. The van der Waals surface area contributed by atoms with Crippen LogP contribution < -0.4 is 10.6 Å². The fraction of sp³-hybridized carbons (Fsp3) is 0.462. The molecule has 1 fully saturated rings. The number of hydrogen-bond donors (Lipinski definition) is 3. The average Bonchev–Trinajstić information content (AvgIpc) is 2.85. The van der Waals surface area contributed by atoms with Crippen molar-refractivity contribution in [2.45, 2.75) is 25.5 Å². The number of rotatable bonds is 5. The minimum Gasteiger partial charge on any atom is -0.393 e. The Hall–Kier alpha value is -1.73. The molecule has 0 spiro atoms. The molecule has 0 radical (unpaired) electrons. The third kappa shape index (κ3) is 2.73. The maximum absolute atomic E-state index is 12.1. The highest BCUT2D eigenvalue weighted by molar-refractivity contribution is 7.12. The Labute approximate surface area is 120 Å². The Morgan fingerprint density at radius 3 is 2.80 bits per heavy atom. The Balaban J connectivity index is 2.00. The maximum atomic E-state index is 12.1. The van der Waals surface area contributed by atoms with Crippen molar-refractivity contribution in [2.75, 3.05) is 7.05 Å². The van der Waals surface area contributed by atoms with Crippen molar-refractivity contribution < 1.29 is 19.5 Å². The SMILES string of the molecule is CNC(=O)c1cc(C(=O)C[C@H]2NC(=O)[C@@H]2[C@@H](C)O)cs1. The summed E-state index contributed by atoms with van der Waals surface area (Å²) in [6, 6.07) is 1.21. The number of aliphatic hydroxyl groups excluding tert-OH is 1. The molecule has 6 nitrogen and oxygen atoms in total. The van der Waals surface area contributed by atoms with Crippen LogP contribution in [0.1, 0.15) is 33.4 Å². The number of amides is 2. The fourth-order valence-corrected chi connectivity index (χ4v) is 3.09. The monoisotopic (exact) mass is 296 g/mol. The summed E-state index contributed by atoms with van der Waals surface area (Å²) in [7, 11) is 1.53. The van der Waals surface area contributed by atoms with Gasteiger partial charge in [0.1, 0.15) is 0 Å². The molecule has 1 aliphatic heterocycles. The minimum atomic E-state index is -0.773. The number of Topliss-reactive ketones (excluding diaryl/α,β-unsaturated/α-hetero) is 1. The van der Waals surface area contributed by atoms with Gasteiger partial charge in [0.25, 0.3) is 5.91 Å². The predicted octanol–water partition coefficient (Wildman–Crippen LogP) is 0.176. The van der Waals surface area contributed by atoms with E-state index in [1.807, 2.05) is 0 Å². The van der Waals surface area contributed by atoms with Gasteiger partial charge in [0.2, 0.25) is 5.91 Å². The van der Waals surface area contributed by atoms with E-state index in [-0.39, 0.29) is 30.1 Å². The van der Waals surface area contributed by atoms with Crippen LogP contribution in [0.4, 0.5) is 0 Å². The molecule has 1 aromatic rings. The van der Waals surface area contributed by atoms with Crippen LogP contribution >= 0.6 is 11.3 Å². The summed E-state index contributed by atoms with van der Waals surface area (Å²) in [5.74, 6) is -1.13. The second kappa shape index (κ2) is 5.72. The molecule has 0 bridgehead atoms. The molecule has 20 heavy (non-hydrogen) atoms. The van der Waals surface area contributed by atoms with Gasteiger partial charge in [0.05, 0.1) is 22.9 Å². The maximum Gasteiger partial charge on any atom is 0.261 e. The highest BCUT2D eigenvalue weighted by Crippen LogP contribution is 2.24. The lowest BCUT2D eigenvalue weighted by atomic mass is 9.82. The first kappa shape index (κ1) is 14.7. The van der Waals surface area contributed by atoms with Gasteiger partial charge in [-0.1, -0.05) is 0 Å². The molecular weight excluding hydrogens is 280 g/mol. The van der Waals surface area contributed by atoms with Crippen molar-refractivity contribution >= 4 is 28.9 Å². The van der Waals surface area contributed by atoms with Gasteiger partial charge < -0.3 is 15.7 Å². The molecule has 2 rings (SSSR count). The normalized spacial score (nSPS) is 22.6. The lowest BCUT2D eigenvalue weighted by molar-refractivity contribution is -0.140. The summed E-state index contributed by atoms with van der Waals surface area (Å²) in [5.41, 5.74) is 0.457. The first-order valence-electron chi connectivity index (χ1n) is 6.26. The van der Waals surface area contributed by atoms with Gasteiger partial charge in [-0.15, -0.1) is 11.3 Å². The van der Waals surface area contributed by atoms with Gasteiger partial charge in [-0.3, -0.25) is 14.4 Å². The van der Waals surface area contributed by atoms with Crippen LogP contribution in [0.5, 0.6) is 0 Å². The van der Waals surface area contributed by atoms with E-state index < -0.39 is 12.0 Å². The third-order valence-corrected chi connectivity index (χ3v) is 4.29. The van der Waals surface area contributed by atoms with Crippen molar-refractivity contribution in [3.05, 3.63) is 21.9 Å². The van der Waals surface area contributed by atoms with E-state index >= 15 is 0 Å². The number of hydrogen-bond acceptors (Lipinski definition) is 5. The van der Waals surface area contributed by atoms with Crippen LogP contribution in [-0.2, 0) is 4.79 Å². The van der Waals surface area contributed by atoms with E-state index in [1.54, 1.807) is 11.4 Å². The number of nitrogens with one attached hydrogen (secondary N) is 2. The van der Waals surface area contributed by atoms with E-state index in [4.69, 9.17) is 0 Å². The van der Waals surface area contributed by atoms with Gasteiger partial charge in [0, 0.05) is 24.4 Å². The van der Waals surface area contributed by atoms with Crippen molar-refractivity contribution in [3.63, 3.8) is 0 Å². The van der Waals surface area contributed by atoms with Crippen molar-refractivity contribution in [1.82, 2.24) is 10.6 Å². The zero-order chi connectivity index (χ0) is 14.9. The van der Waals surface area contributed by atoms with Crippen molar-refractivity contribution in [1.29, 1.82) is 0 Å². The second-order valence-electron chi connectivity index (χ2n) is 4.79. The highest BCUT2D eigenvalue weighted by Gasteiger charge is 2.43. The van der Waals surface area contributed by atoms with E-state index in [0.717, 1.165) is 0 Å². The van der Waals surface area contributed by atoms with Gasteiger partial charge in [0.15, 0.2) is 5.78 Å². The van der Waals surface area contributed by atoms with Crippen LogP contribution in [0.25, 0.3) is 0 Å². The Kier molecular flexibility index (Phi) is 4.20. The van der Waals surface area contributed by atoms with Crippen LogP contribution in [-0.4, -0.2) is 41.9 Å². The average molecular weight is 296 g/mol. The second-order valence-corrected chi connectivity index (χ2v) is 5.70. The number of β-lactam (4-membered cyclic amide) rings is 1. The van der Waals surface area contributed by atoms with Crippen LogP contribution in [0, 0.1) is 5.92 Å². The molecule has 0 saturated carbocycles. The first-order valence-corrected chi connectivity index (χ1v) is 7.14. The number of ketones is 1. The van der Waals surface area contributed by atoms with Gasteiger partial charge in [-0.25, -0.2) is 0 Å². The van der Waals surface area contributed by atoms with E-state index in [0.29, 0.717) is 10.4 Å². The lowest BCUT2D eigenvalue weighted by Gasteiger charge is -2.38. The minimum absolute atomic E-state index is 0.130. The van der Waals surface area contributed by atoms with E-state index in [2.05, 4.69) is 10.6 Å². The molecule has 1 aliphatic rings. The fourth-order valence-electron chi connectivity index (χ4n) is 2.23. The van der Waals surface area contributed by atoms with Crippen LogP contribution in [0.3, 0.4) is 0 Å². The highest BCUT2D eigenvalue weighted by atomic mass is 32.1. The summed E-state index contributed by atoms with van der Waals surface area (Å²) in [6.45, 7) is 1.54. The first-order chi connectivity index (χ1) is 9.43. The largest absolute Gasteiger partial charge is 0.393 e. The number of aliphatic hydroxyl groups is 1. The Morgan fingerprint density at radius 2 is 2.25 bits per heavy atom. The van der Waals surface area contributed by atoms with Crippen molar-refractivity contribution in [3.8, 4) is 0 Å². The molecule has 2 amide bonds. The predicted molar refractivity (Wildman–Crippen MR) is 73.8 cm³/mol. The molecular formula is C13H16N2O4S. The number of carbonyl (C=O) groups excluding carboxylic acids is 3. The Bertz CT molecular complexity index is 552. The molecule has 3 N–H and O–H groups in total. The van der Waals surface area contributed by atoms with E-state index in [9.17, 15) is 19.5 Å². The molecule has 0 aliphatic carbocycles. The molecule has 3 atom stereocenters. The van der Waals surface area contributed by atoms with Gasteiger partial charge in [-0.05, 0) is 13.0 Å².